The first-order chi connectivity index (χ1) is 11.0. The van der Waals surface area contributed by atoms with Crippen molar-refractivity contribution in [3.63, 3.8) is 0 Å². The van der Waals surface area contributed by atoms with Gasteiger partial charge in [-0.25, -0.2) is 21.2 Å². The Morgan fingerprint density at radius 3 is 2.21 bits per heavy atom. The molecule has 0 atom stereocenters. The summed E-state index contributed by atoms with van der Waals surface area (Å²) < 4.78 is 65.3. The van der Waals surface area contributed by atoms with E-state index >= 15 is 0 Å². The number of sulfonamides is 2. The predicted molar refractivity (Wildman–Crippen MR) is 91.9 cm³/mol. The number of aryl methyl sites for hydroxylation is 1. The summed E-state index contributed by atoms with van der Waals surface area (Å²) in [4.78, 5) is -0.0843. The molecule has 6 nitrogen and oxygen atoms in total. The Kier molecular flexibility index (Phi) is 5.07. The molecule has 0 saturated heterocycles. The number of rotatable bonds is 5. The molecule has 2 N–H and O–H groups in total. The molecule has 0 aliphatic heterocycles. The Labute approximate surface area is 144 Å². The van der Waals surface area contributed by atoms with Crippen LogP contribution in [0.3, 0.4) is 0 Å². The zero-order chi connectivity index (χ0) is 18.1. The molecule has 0 spiro atoms. The average molecular weight is 393 g/mol. The van der Waals surface area contributed by atoms with Crippen LogP contribution in [0, 0.1) is 12.7 Å². The minimum Gasteiger partial charge on any atom is -0.282 e. The second-order valence-electron chi connectivity index (χ2n) is 5.08. The molecule has 0 fully saturated rings. The number of nitrogens with one attached hydrogen (secondary N) is 2. The van der Waals surface area contributed by atoms with Crippen LogP contribution >= 0.6 is 11.6 Å². The van der Waals surface area contributed by atoms with Gasteiger partial charge in [0, 0.05) is 11.1 Å². The lowest BCUT2D eigenvalue weighted by Gasteiger charge is -2.14. The predicted octanol–water partition coefficient (Wildman–Crippen LogP) is 2.96. The summed E-state index contributed by atoms with van der Waals surface area (Å²) in [6.45, 7) is 1.64. The van der Waals surface area contributed by atoms with Gasteiger partial charge in [-0.05, 0) is 42.8 Å². The lowest BCUT2D eigenvalue weighted by molar-refractivity contribution is 0.600. The second-order valence-corrected chi connectivity index (χ2v) is 8.92. The van der Waals surface area contributed by atoms with Crippen LogP contribution in [0.25, 0.3) is 0 Å². The van der Waals surface area contributed by atoms with Crippen molar-refractivity contribution in [3.05, 3.63) is 52.8 Å². The number of benzene rings is 2. The summed E-state index contributed by atoms with van der Waals surface area (Å²) in [6, 6.07) is 7.09. The summed E-state index contributed by atoms with van der Waals surface area (Å²) >= 11 is 5.87. The van der Waals surface area contributed by atoms with Crippen LogP contribution in [-0.2, 0) is 20.0 Å². The summed E-state index contributed by atoms with van der Waals surface area (Å²) in [5.74, 6) is -0.723. The highest BCUT2D eigenvalue weighted by molar-refractivity contribution is 7.93. The van der Waals surface area contributed by atoms with Crippen LogP contribution in [0.15, 0.2) is 41.3 Å². The van der Waals surface area contributed by atoms with Gasteiger partial charge >= 0.3 is 0 Å². The van der Waals surface area contributed by atoms with Crippen molar-refractivity contribution < 1.29 is 21.2 Å². The van der Waals surface area contributed by atoms with E-state index in [2.05, 4.69) is 9.44 Å². The SMILES string of the molecule is Cc1cc(S(=O)(=O)Nc2cc(F)ccc2NS(C)(=O)=O)ccc1Cl. The summed E-state index contributed by atoms with van der Waals surface area (Å²) in [7, 11) is -7.73. The van der Waals surface area contributed by atoms with Crippen LogP contribution in [0.5, 0.6) is 0 Å². The van der Waals surface area contributed by atoms with E-state index < -0.39 is 25.9 Å². The maximum Gasteiger partial charge on any atom is 0.261 e. The number of anilines is 2. The third-order valence-electron chi connectivity index (χ3n) is 2.96. The lowest BCUT2D eigenvalue weighted by Crippen LogP contribution is -2.17. The van der Waals surface area contributed by atoms with Crippen LogP contribution in [0.4, 0.5) is 15.8 Å². The van der Waals surface area contributed by atoms with Crippen molar-refractivity contribution in [2.75, 3.05) is 15.7 Å². The maximum absolute atomic E-state index is 13.4. The average Bonchev–Trinajstić information content (AvgIpc) is 2.43. The van der Waals surface area contributed by atoms with Crippen molar-refractivity contribution in [3.8, 4) is 0 Å². The van der Waals surface area contributed by atoms with Gasteiger partial charge in [0.15, 0.2) is 0 Å². The fraction of sp³-hybridized carbons (Fsp3) is 0.143. The summed E-state index contributed by atoms with van der Waals surface area (Å²) in [6.07, 6.45) is 0.900. The third kappa shape index (κ3) is 4.59. The van der Waals surface area contributed by atoms with Gasteiger partial charge in [0.05, 0.1) is 22.5 Å². The van der Waals surface area contributed by atoms with E-state index in [1.54, 1.807) is 6.92 Å². The Balaban J connectivity index is 2.45. The first-order valence-electron chi connectivity index (χ1n) is 6.54. The molecule has 0 heterocycles. The quantitative estimate of drug-likeness (QED) is 0.818. The van der Waals surface area contributed by atoms with E-state index in [9.17, 15) is 21.2 Å². The highest BCUT2D eigenvalue weighted by Crippen LogP contribution is 2.27. The molecule has 0 radical (unpaired) electrons. The summed E-state index contributed by atoms with van der Waals surface area (Å²) in [5, 5.41) is 0.402. The minimum atomic E-state index is -4.06. The number of halogens is 2. The van der Waals surface area contributed by atoms with Crippen LogP contribution in [0.1, 0.15) is 5.56 Å². The van der Waals surface area contributed by atoms with E-state index in [1.807, 2.05) is 0 Å². The first-order valence-corrected chi connectivity index (χ1v) is 10.3. The van der Waals surface area contributed by atoms with E-state index in [0.717, 1.165) is 24.5 Å². The Morgan fingerprint density at radius 2 is 1.62 bits per heavy atom. The Morgan fingerprint density at radius 1 is 0.958 bits per heavy atom. The minimum absolute atomic E-state index is 0.0843. The van der Waals surface area contributed by atoms with Crippen LogP contribution in [0.2, 0.25) is 5.02 Å². The first kappa shape index (κ1) is 18.5. The van der Waals surface area contributed by atoms with E-state index in [0.29, 0.717) is 10.6 Å². The van der Waals surface area contributed by atoms with Gasteiger partial charge in [0.1, 0.15) is 5.82 Å². The van der Waals surface area contributed by atoms with Crippen LogP contribution < -0.4 is 9.44 Å². The zero-order valence-corrected chi connectivity index (χ0v) is 15.1. The molecule has 0 amide bonds. The van der Waals surface area contributed by atoms with Gasteiger partial charge in [-0.15, -0.1) is 0 Å². The van der Waals surface area contributed by atoms with E-state index in [-0.39, 0.29) is 16.3 Å². The zero-order valence-electron chi connectivity index (χ0n) is 12.7. The fourth-order valence-electron chi connectivity index (χ4n) is 1.88. The molecule has 0 aliphatic carbocycles. The lowest BCUT2D eigenvalue weighted by atomic mass is 10.2. The molecular formula is C14H14ClFN2O4S2. The molecule has 24 heavy (non-hydrogen) atoms. The molecule has 0 aliphatic rings. The Bertz CT molecular complexity index is 992. The molecule has 2 aromatic carbocycles. The van der Waals surface area contributed by atoms with Crippen molar-refractivity contribution in [1.29, 1.82) is 0 Å². The molecule has 0 unspecified atom stereocenters. The van der Waals surface area contributed by atoms with Crippen molar-refractivity contribution in [2.24, 2.45) is 0 Å². The third-order valence-corrected chi connectivity index (χ3v) is 5.34. The molecule has 2 rings (SSSR count). The smallest absolute Gasteiger partial charge is 0.261 e. The molecule has 10 heteroatoms. The summed E-state index contributed by atoms with van der Waals surface area (Å²) in [5.41, 5.74) is 0.231. The molecule has 0 bridgehead atoms. The fourth-order valence-corrected chi connectivity index (χ4v) is 3.73. The van der Waals surface area contributed by atoms with Gasteiger partial charge in [-0.2, -0.15) is 0 Å². The molecular weight excluding hydrogens is 379 g/mol. The Hall–Kier alpha value is -1.84. The molecule has 0 aromatic heterocycles. The van der Waals surface area contributed by atoms with Gasteiger partial charge in [-0.3, -0.25) is 9.44 Å². The number of hydrogen-bond donors (Lipinski definition) is 2. The largest absolute Gasteiger partial charge is 0.282 e. The number of hydrogen-bond acceptors (Lipinski definition) is 4. The van der Waals surface area contributed by atoms with E-state index in [4.69, 9.17) is 11.6 Å². The van der Waals surface area contributed by atoms with Crippen molar-refractivity contribution >= 4 is 43.0 Å². The van der Waals surface area contributed by atoms with Crippen molar-refractivity contribution in [1.82, 2.24) is 0 Å². The normalized spacial score (nSPS) is 12.0. The topological polar surface area (TPSA) is 92.3 Å². The highest BCUT2D eigenvalue weighted by atomic mass is 35.5. The van der Waals surface area contributed by atoms with E-state index in [1.165, 1.54) is 18.2 Å². The second kappa shape index (κ2) is 6.58. The van der Waals surface area contributed by atoms with Crippen molar-refractivity contribution in [2.45, 2.75) is 11.8 Å². The van der Waals surface area contributed by atoms with Gasteiger partial charge in [-0.1, -0.05) is 11.6 Å². The van der Waals surface area contributed by atoms with Gasteiger partial charge in [0.25, 0.3) is 10.0 Å². The standard InChI is InChI=1S/C14H14ClFN2O4S2/c1-9-7-11(4-5-12(9)15)24(21,22)18-14-8-10(16)3-6-13(14)17-23(2,19)20/h3-8,17-18H,1-2H3. The molecule has 2 aromatic rings. The highest BCUT2D eigenvalue weighted by Gasteiger charge is 2.18. The van der Waals surface area contributed by atoms with Gasteiger partial charge < -0.3 is 0 Å². The van der Waals surface area contributed by atoms with Crippen LogP contribution in [-0.4, -0.2) is 23.1 Å². The van der Waals surface area contributed by atoms with Gasteiger partial charge in [0.2, 0.25) is 10.0 Å². The monoisotopic (exact) mass is 392 g/mol. The maximum atomic E-state index is 13.4. The molecule has 130 valence electrons. The molecule has 0 saturated carbocycles.